The molecule has 0 unspecified atom stereocenters. The molecule has 3 heteroatoms. The minimum absolute atomic E-state index is 0.409. The molecule has 0 bridgehead atoms. The van der Waals surface area contributed by atoms with Gasteiger partial charge < -0.3 is 9.15 Å². The van der Waals surface area contributed by atoms with Crippen molar-refractivity contribution in [2.75, 3.05) is 7.11 Å². The lowest BCUT2D eigenvalue weighted by molar-refractivity contribution is 0.415. The van der Waals surface area contributed by atoms with Gasteiger partial charge in [0.1, 0.15) is 11.3 Å². The number of hydrogen-bond donors (Lipinski definition) is 0. The van der Waals surface area contributed by atoms with Gasteiger partial charge >= 0.3 is 0 Å². The number of methoxy groups -OCH3 is 1. The van der Waals surface area contributed by atoms with E-state index < -0.39 is 0 Å². The van der Waals surface area contributed by atoms with Gasteiger partial charge in [-0.25, -0.2) is 4.98 Å². The fourth-order valence-corrected chi connectivity index (χ4v) is 1.73. The molecule has 3 rings (SSSR count). The number of nitrogens with zero attached hydrogens (tertiary/aromatic N) is 1. The summed E-state index contributed by atoms with van der Waals surface area (Å²) in [6.07, 6.45) is 0. The van der Waals surface area contributed by atoms with E-state index in [2.05, 4.69) is 16.8 Å². The minimum Gasteiger partial charge on any atom is -0.497 e. The summed E-state index contributed by atoms with van der Waals surface area (Å²) < 4.78 is 10.7. The van der Waals surface area contributed by atoms with Crippen molar-refractivity contribution in [3.05, 3.63) is 60.0 Å². The summed E-state index contributed by atoms with van der Waals surface area (Å²) in [5, 5.41) is 0. The Hall–Kier alpha value is -2.73. The second-order valence-corrected chi connectivity index (χ2v) is 3.97. The van der Waals surface area contributed by atoms with E-state index in [0.717, 1.165) is 16.8 Å². The summed E-state index contributed by atoms with van der Waals surface area (Å²) in [5.41, 5.74) is 2.39. The summed E-state index contributed by atoms with van der Waals surface area (Å²) in [6, 6.07) is 15.2. The van der Waals surface area contributed by atoms with E-state index in [1.807, 2.05) is 48.5 Å². The van der Waals surface area contributed by atoms with Gasteiger partial charge in [-0.3, -0.25) is 0 Å². The lowest BCUT2D eigenvalue weighted by Crippen LogP contribution is -1.81. The fourth-order valence-electron chi connectivity index (χ4n) is 1.73. The average molecular weight is 249 g/mol. The van der Waals surface area contributed by atoms with E-state index in [0.29, 0.717) is 11.5 Å². The Balaban J connectivity index is 1.96. The summed E-state index contributed by atoms with van der Waals surface area (Å²) in [4.78, 5) is 4.32. The van der Waals surface area contributed by atoms with Crippen LogP contribution in [0.3, 0.4) is 0 Å². The van der Waals surface area contributed by atoms with Gasteiger partial charge in [-0.05, 0) is 30.2 Å². The summed E-state index contributed by atoms with van der Waals surface area (Å²) in [5.74, 6) is 7.09. The van der Waals surface area contributed by atoms with Crippen LogP contribution in [0.4, 0.5) is 0 Å². The van der Waals surface area contributed by atoms with E-state index in [1.165, 1.54) is 0 Å². The van der Waals surface area contributed by atoms with Gasteiger partial charge in [0, 0.05) is 11.6 Å². The molecule has 0 spiro atoms. The van der Waals surface area contributed by atoms with Crippen LogP contribution in [0.15, 0.2) is 52.9 Å². The third-order valence-electron chi connectivity index (χ3n) is 2.68. The lowest BCUT2D eigenvalue weighted by atomic mass is 10.2. The van der Waals surface area contributed by atoms with Crippen LogP contribution in [0.2, 0.25) is 0 Å². The molecule has 2 aromatic carbocycles. The van der Waals surface area contributed by atoms with Crippen LogP contribution in [-0.2, 0) is 0 Å². The molecule has 0 amide bonds. The first-order chi connectivity index (χ1) is 9.35. The smallest absolute Gasteiger partial charge is 0.274 e. The van der Waals surface area contributed by atoms with Gasteiger partial charge in [0.15, 0.2) is 5.58 Å². The lowest BCUT2D eigenvalue weighted by Gasteiger charge is -1.95. The molecule has 0 N–H and O–H groups in total. The molecule has 0 fully saturated rings. The van der Waals surface area contributed by atoms with Gasteiger partial charge in [0.25, 0.3) is 5.89 Å². The monoisotopic (exact) mass is 249 g/mol. The second kappa shape index (κ2) is 4.87. The zero-order valence-corrected chi connectivity index (χ0v) is 10.4. The molecule has 0 saturated carbocycles. The van der Waals surface area contributed by atoms with Crippen molar-refractivity contribution >= 4 is 11.1 Å². The number of rotatable bonds is 1. The van der Waals surface area contributed by atoms with Crippen molar-refractivity contribution in [1.82, 2.24) is 4.98 Å². The summed E-state index contributed by atoms with van der Waals surface area (Å²) >= 11 is 0. The van der Waals surface area contributed by atoms with E-state index in [9.17, 15) is 0 Å². The normalized spacial score (nSPS) is 9.95. The van der Waals surface area contributed by atoms with Crippen molar-refractivity contribution in [2.45, 2.75) is 0 Å². The molecular formula is C16H11NO2. The molecule has 0 aliphatic heterocycles. The maximum Gasteiger partial charge on any atom is 0.274 e. The molecule has 19 heavy (non-hydrogen) atoms. The molecule has 92 valence electrons. The Morgan fingerprint density at radius 2 is 1.89 bits per heavy atom. The van der Waals surface area contributed by atoms with E-state index in [1.54, 1.807) is 7.11 Å². The topological polar surface area (TPSA) is 35.3 Å². The Labute approximate surface area is 110 Å². The van der Waals surface area contributed by atoms with Crippen LogP contribution in [0.25, 0.3) is 11.1 Å². The molecule has 0 atom stereocenters. The van der Waals surface area contributed by atoms with Crippen molar-refractivity contribution in [1.29, 1.82) is 0 Å². The van der Waals surface area contributed by atoms with Gasteiger partial charge in [0.05, 0.1) is 7.11 Å². The highest BCUT2D eigenvalue weighted by Crippen LogP contribution is 2.20. The Bertz CT molecular complexity index is 764. The van der Waals surface area contributed by atoms with Gasteiger partial charge in [-0.1, -0.05) is 24.1 Å². The first-order valence-corrected chi connectivity index (χ1v) is 5.87. The van der Waals surface area contributed by atoms with Crippen molar-refractivity contribution in [3.63, 3.8) is 0 Å². The second-order valence-electron chi connectivity index (χ2n) is 3.97. The van der Waals surface area contributed by atoms with Gasteiger partial charge in [0.2, 0.25) is 0 Å². The molecule has 1 aromatic heterocycles. The standard InChI is InChI=1S/C16H11NO2/c1-18-13-8-9-15-14(11-13)17-16(19-15)10-7-12-5-3-2-4-6-12/h2-6,8-9,11H,1H3. The van der Waals surface area contributed by atoms with Gasteiger partial charge in [-0.2, -0.15) is 0 Å². The molecule has 1 heterocycles. The largest absolute Gasteiger partial charge is 0.497 e. The third kappa shape index (κ3) is 2.43. The molecular weight excluding hydrogens is 238 g/mol. The quantitative estimate of drug-likeness (QED) is 0.621. The van der Waals surface area contributed by atoms with Crippen LogP contribution < -0.4 is 4.74 Å². The maximum atomic E-state index is 5.55. The number of aromatic nitrogens is 1. The van der Waals surface area contributed by atoms with Crippen LogP contribution in [0, 0.1) is 11.8 Å². The van der Waals surface area contributed by atoms with Crippen molar-refractivity contribution in [3.8, 4) is 17.6 Å². The van der Waals surface area contributed by atoms with E-state index >= 15 is 0 Å². The SMILES string of the molecule is COc1ccc2oc(C#Cc3ccccc3)nc2c1. The summed E-state index contributed by atoms with van der Waals surface area (Å²) in [7, 11) is 1.62. The average Bonchev–Trinajstić information content (AvgIpc) is 2.88. The predicted molar refractivity (Wildman–Crippen MR) is 73.0 cm³/mol. The first-order valence-electron chi connectivity index (χ1n) is 5.87. The number of ether oxygens (including phenoxy) is 1. The number of benzene rings is 2. The van der Waals surface area contributed by atoms with E-state index in [4.69, 9.17) is 9.15 Å². The third-order valence-corrected chi connectivity index (χ3v) is 2.68. The molecule has 3 nitrogen and oxygen atoms in total. The molecule has 3 aromatic rings. The molecule has 0 aliphatic carbocycles. The number of fused-ring (bicyclic) bond motifs is 1. The van der Waals surface area contributed by atoms with Crippen LogP contribution in [0.1, 0.15) is 11.5 Å². The highest BCUT2D eigenvalue weighted by Gasteiger charge is 2.04. The molecule has 0 radical (unpaired) electrons. The Morgan fingerprint density at radius 1 is 1.05 bits per heavy atom. The predicted octanol–water partition coefficient (Wildman–Crippen LogP) is 3.24. The minimum atomic E-state index is 0.409. The van der Waals surface area contributed by atoms with Crippen molar-refractivity contribution < 1.29 is 9.15 Å². The van der Waals surface area contributed by atoms with Crippen LogP contribution in [-0.4, -0.2) is 12.1 Å². The first kappa shape index (κ1) is 11.4. The highest BCUT2D eigenvalue weighted by molar-refractivity contribution is 5.75. The summed E-state index contributed by atoms with van der Waals surface area (Å²) in [6.45, 7) is 0. The van der Waals surface area contributed by atoms with Crippen molar-refractivity contribution in [2.24, 2.45) is 0 Å². The Kier molecular flexibility index (Phi) is 2.91. The maximum absolute atomic E-state index is 5.55. The molecule has 0 saturated heterocycles. The van der Waals surface area contributed by atoms with Crippen LogP contribution >= 0.6 is 0 Å². The number of oxazole rings is 1. The zero-order valence-electron chi connectivity index (χ0n) is 10.4. The fraction of sp³-hybridized carbons (Fsp3) is 0.0625. The Morgan fingerprint density at radius 3 is 2.68 bits per heavy atom. The highest BCUT2D eigenvalue weighted by atomic mass is 16.5. The number of hydrogen-bond acceptors (Lipinski definition) is 3. The van der Waals surface area contributed by atoms with E-state index in [-0.39, 0.29) is 0 Å². The van der Waals surface area contributed by atoms with Gasteiger partial charge in [-0.15, -0.1) is 0 Å². The zero-order chi connectivity index (χ0) is 13.1. The molecule has 0 aliphatic rings. The van der Waals surface area contributed by atoms with Crippen LogP contribution in [0.5, 0.6) is 5.75 Å².